The summed E-state index contributed by atoms with van der Waals surface area (Å²) in [5, 5.41) is 0. The summed E-state index contributed by atoms with van der Waals surface area (Å²) in [5.41, 5.74) is 2.67. The van der Waals surface area contributed by atoms with Gasteiger partial charge in [0.25, 0.3) is 0 Å². The van der Waals surface area contributed by atoms with Crippen LogP contribution in [0.2, 0.25) is 0 Å². The van der Waals surface area contributed by atoms with Gasteiger partial charge >= 0.3 is 0 Å². The minimum Gasteiger partial charge on any atom is -0.289 e. The predicted octanol–water partition coefficient (Wildman–Crippen LogP) is 3.57. The molecule has 1 atom stereocenters. The first kappa shape index (κ1) is 11.2. The molecule has 1 unspecified atom stereocenters. The minimum atomic E-state index is 0.0829. The molecule has 2 heteroatoms. The lowest BCUT2D eigenvalue weighted by Gasteiger charge is -2.21. The Kier molecular flexibility index (Phi) is 3.01. The first-order valence-corrected chi connectivity index (χ1v) is 5.95. The second-order valence-corrected chi connectivity index (χ2v) is 4.56. The first-order valence-electron chi connectivity index (χ1n) is 5.54. The lowest BCUT2D eigenvalue weighted by Crippen LogP contribution is -2.19. The average Bonchev–Trinajstić information content (AvgIpc) is 2.33. The molecule has 0 heterocycles. The second kappa shape index (κ2) is 4.30. The molecule has 0 fully saturated rings. The van der Waals surface area contributed by atoms with Crippen LogP contribution in [0.3, 0.4) is 0 Å². The number of carbonyl (C=O) groups excluding carboxylic acids is 1. The Bertz CT molecular complexity index is 485. The van der Waals surface area contributed by atoms with Gasteiger partial charge in [0.2, 0.25) is 0 Å². The summed E-state index contributed by atoms with van der Waals surface area (Å²) in [6, 6.07) is 7.58. The van der Waals surface area contributed by atoms with Crippen LogP contribution in [-0.2, 0) is 0 Å². The fraction of sp³-hybridized carbons (Fsp3) is 0.286. The van der Waals surface area contributed by atoms with Crippen molar-refractivity contribution in [3.63, 3.8) is 0 Å². The van der Waals surface area contributed by atoms with Crippen molar-refractivity contribution >= 4 is 22.9 Å². The molecule has 0 radical (unpaired) electrons. The molecular weight excluding hydrogens is 216 g/mol. The molecular formula is C14H14OS. The summed E-state index contributed by atoms with van der Waals surface area (Å²) < 4.78 is 0. The monoisotopic (exact) mass is 230 g/mol. The highest BCUT2D eigenvalue weighted by atomic mass is 32.1. The van der Waals surface area contributed by atoms with Crippen molar-refractivity contribution in [2.24, 2.45) is 5.92 Å². The highest BCUT2D eigenvalue weighted by molar-refractivity contribution is 7.81. The Morgan fingerprint density at radius 2 is 1.88 bits per heavy atom. The number of hydrogen-bond donors (Lipinski definition) is 0. The Hall–Kier alpha value is -1.28. The largest absolute Gasteiger partial charge is 0.289 e. The van der Waals surface area contributed by atoms with E-state index in [0.717, 1.165) is 28.0 Å². The number of carbonyl (C=O) groups is 1. The van der Waals surface area contributed by atoms with Crippen molar-refractivity contribution < 1.29 is 4.79 Å². The number of fused-ring (bicyclic) bond motifs is 1. The van der Waals surface area contributed by atoms with E-state index in [1.807, 2.05) is 24.3 Å². The summed E-state index contributed by atoms with van der Waals surface area (Å²) in [7, 11) is 0. The fourth-order valence-corrected chi connectivity index (χ4v) is 2.36. The van der Waals surface area contributed by atoms with E-state index in [1.54, 1.807) is 6.08 Å². The molecule has 1 aliphatic carbocycles. The van der Waals surface area contributed by atoms with Gasteiger partial charge in [0.05, 0.1) is 0 Å². The van der Waals surface area contributed by atoms with Gasteiger partial charge in [-0.15, -0.1) is 0 Å². The van der Waals surface area contributed by atoms with Crippen molar-refractivity contribution in [3.05, 3.63) is 47.0 Å². The molecule has 0 amide bonds. The zero-order valence-corrected chi connectivity index (χ0v) is 10.3. The smallest absolute Gasteiger partial charge is 0.186 e. The summed E-state index contributed by atoms with van der Waals surface area (Å²) in [6.45, 7) is 4.22. The number of thiocarbonyl (C=S) groups is 1. The number of benzene rings is 1. The third-order valence-electron chi connectivity index (χ3n) is 3.13. The minimum absolute atomic E-state index is 0.0829. The molecule has 0 aromatic heterocycles. The van der Waals surface area contributed by atoms with Crippen molar-refractivity contribution in [1.82, 2.24) is 0 Å². The van der Waals surface area contributed by atoms with Gasteiger partial charge in [-0.3, -0.25) is 4.79 Å². The molecule has 1 aliphatic rings. The van der Waals surface area contributed by atoms with E-state index in [-0.39, 0.29) is 5.78 Å². The van der Waals surface area contributed by atoms with Gasteiger partial charge < -0.3 is 0 Å². The topological polar surface area (TPSA) is 17.1 Å². The Balaban J connectivity index is 2.51. The highest BCUT2D eigenvalue weighted by Gasteiger charge is 2.24. The van der Waals surface area contributed by atoms with Crippen LogP contribution >= 0.6 is 12.2 Å². The van der Waals surface area contributed by atoms with Crippen LogP contribution in [-0.4, -0.2) is 10.6 Å². The van der Waals surface area contributed by atoms with E-state index in [0.29, 0.717) is 5.92 Å². The van der Waals surface area contributed by atoms with Crippen LogP contribution in [0.5, 0.6) is 0 Å². The van der Waals surface area contributed by atoms with Crippen LogP contribution in [0.25, 0.3) is 0 Å². The van der Waals surface area contributed by atoms with E-state index in [9.17, 15) is 4.79 Å². The summed E-state index contributed by atoms with van der Waals surface area (Å²) in [6.07, 6.45) is 2.71. The normalized spacial score (nSPS) is 16.8. The number of ketones is 1. The predicted molar refractivity (Wildman–Crippen MR) is 70.0 cm³/mol. The van der Waals surface area contributed by atoms with Gasteiger partial charge in [0.15, 0.2) is 5.78 Å². The number of rotatable bonds is 2. The maximum absolute atomic E-state index is 11.9. The van der Waals surface area contributed by atoms with E-state index >= 15 is 0 Å². The van der Waals surface area contributed by atoms with Crippen molar-refractivity contribution in [2.45, 2.75) is 20.3 Å². The van der Waals surface area contributed by atoms with Crippen molar-refractivity contribution in [3.8, 4) is 0 Å². The molecule has 0 spiro atoms. The molecule has 0 aliphatic heterocycles. The molecule has 2 rings (SSSR count). The third-order valence-corrected chi connectivity index (χ3v) is 3.58. The van der Waals surface area contributed by atoms with E-state index in [1.165, 1.54) is 0 Å². The fourth-order valence-electron chi connectivity index (χ4n) is 1.92. The summed E-state index contributed by atoms with van der Waals surface area (Å²) in [5.74, 6) is 0.435. The van der Waals surface area contributed by atoms with Gasteiger partial charge in [0.1, 0.15) is 0 Å². The van der Waals surface area contributed by atoms with E-state index in [4.69, 9.17) is 12.2 Å². The number of hydrogen-bond acceptors (Lipinski definition) is 2. The van der Waals surface area contributed by atoms with Gasteiger partial charge in [-0.2, -0.15) is 0 Å². The lowest BCUT2D eigenvalue weighted by molar-refractivity contribution is 0.104. The summed E-state index contributed by atoms with van der Waals surface area (Å²) >= 11 is 5.46. The molecule has 16 heavy (non-hydrogen) atoms. The molecule has 1 aromatic rings. The quantitative estimate of drug-likeness (QED) is 0.722. The van der Waals surface area contributed by atoms with Gasteiger partial charge in [-0.25, -0.2) is 0 Å². The highest BCUT2D eigenvalue weighted by Crippen LogP contribution is 2.27. The SMILES string of the molecule is CCC(C)C1=CC(=O)c2ccccc2C1=S. The number of allylic oxidation sites excluding steroid dienone is 2. The molecule has 82 valence electrons. The molecule has 0 saturated heterocycles. The average molecular weight is 230 g/mol. The maximum atomic E-state index is 11.9. The Morgan fingerprint density at radius 3 is 2.50 bits per heavy atom. The maximum Gasteiger partial charge on any atom is 0.186 e. The van der Waals surface area contributed by atoms with Crippen LogP contribution < -0.4 is 0 Å². The zero-order chi connectivity index (χ0) is 11.7. The van der Waals surface area contributed by atoms with Crippen LogP contribution in [0.1, 0.15) is 36.2 Å². The molecule has 1 nitrogen and oxygen atoms in total. The van der Waals surface area contributed by atoms with Crippen LogP contribution in [0.15, 0.2) is 35.9 Å². The molecule has 1 aromatic carbocycles. The van der Waals surface area contributed by atoms with Crippen LogP contribution in [0, 0.1) is 5.92 Å². The van der Waals surface area contributed by atoms with Gasteiger partial charge in [0, 0.05) is 16.0 Å². The first-order chi connectivity index (χ1) is 7.65. The van der Waals surface area contributed by atoms with Crippen molar-refractivity contribution in [2.75, 3.05) is 0 Å². The Morgan fingerprint density at radius 1 is 1.25 bits per heavy atom. The zero-order valence-electron chi connectivity index (χ0n) is 9.49. The summed E-state index contributed by atoms with van der Waals surface area (Å²) in [4.78, 5) is 12.8. The van der Waals surface area contributed by atoms with E-state index in [2.05, 4.69) is 13.8 Å². The second-order valence-electron chi connectivity index (χ2n) is 4.15. The molecule has 0 saturated carbocycles. The third kappa shape index (κ3) is 1.74. The van der Waals surface area contributed by atoms with Crippen LogP contribution in [0.4, 0.5) is 0 Å². The standard InChI is InChI=1S/C14H14OS/c1-3-9(2)12-8-13(15)10-6-4-5-7-11(10)14(12)16/h4-9H,3H2,1-2H3. The molecule has 0 bridgehead atoms. The van der Waals surface area contributed by atoms with Gasteiger partial charge in [-0.05, 0) is 24.0 Å². The Labute approximate surface area is 101 Å². The lowest BCUT2D eigenvalue weighted by atomic mass is 9.84. The molecule has 0 N–H and O–H groups in total. The van der Waals surface area contributed by atoms with Crippen molar-refractivity contribution in [1.29, 1.82) is 0 Å². The van der Waals surface area contributed by atoms with Gasteiger partial charge in [-0.1, -0.05) is 50.3 Å². The van der Waals surface area contributed by atoms with E-state index < -0.39 is 0 Å².